The number of nitrogens with zero attached hydrogens (tertiary/aromatic N) is 4. The molecule has 0 amide bonds. The lowest BCUT2D eigenvalue weighted by Gasteiger charge is -2.24. The molecule has 0 radical (unpaired) electrons. The van der Waals surface area contributed by atoms with Gasteiger partial charge in [0.25, 0.3) is 0 Å². The van der Waals surface area contributed by atoms with E-state index in [-0.39, 0.29) is 11.9 Å². The van der Waals surface area contributed by atoms with Gasteiger partial charge in [0.05, 0.1) is 25.2 Å². The molecule has 0 saturated carbocycles. The van der Waals surface area contributed by atoms with Crippen LogP contribution in [0.25, 0.3) is 0 Å². The van der Waals surface area contributed by atoms with Gasteiger partial charge in [0, 0.05) is 5.56 Å². The lowest BCUT2D eigenvalue weighted by Crippen LogP contribution is -2.19. The fourth-order valence-corrected chi connectivity index (χ4v) is 4.74. The monoisotopic (exact) mass is 458 g/mol. The molecule has 1 atom stereocenters. The van der Waals surface area contributed by atoms with Crippen LogP contribution in [0, 0.1) is 0 Å². The molecular formula is C25H22N4O3S. The molecule has 2 heterocycles. The molecule has 0 N–H and O–H groups in total. The molecule has 0 bridgehead atoms. The second-order valence-corrected chi connectivity index (χ2v) is 8.35. The van der Waals surface area contributed by atoms with E-state index in [0.29, 0.717) is 17.3 Å². The summed E-state index contributed by atoms with van der Waals surface area (Å²) < 4.78 is 18.6. The van der Waals surface area contributed by atoms with E-state index in [1.165, 1.54) is 0 Å². The van der Waals surface area contributed by atoms with Crippen LogP contribution in [0.1, 0.15) is 22.2 Å². The first-order valence-electron chi connectivity index (χ1n) is 10.4. The van der Waals surface area contributed by atoms with Crippen molar-refractivity contribution in [2.45, 2.75) is 17.0 Å². The van der Waals surface area contributed by atoms with Crippen LogP contribution < -0.4 is 14.2 Å². The minimum absolute atomic E-state index is 0.0520. The number of hydrogen-bond donors (Lipinski definition) is 0. The maximum Gasteiger partial charge on any atom is 0.213 e. The van der Waals surface area contributed by atoms with Gasteiger partial charge in [-0.3, -0.25) is 0 Å². The minimum Gasteiger partial charge on any atom is -0.493 e. The van der Waals surface area contributed by atoms with Crippen LogP contribution in [-0.2, 0) is 6.61 Å². The number of rotatable bonds is 7. The number of para-hydroxylation sites is 1. The number of aromatic nitrogens is 3. The third-order valence-corrected chi connectivity index (χ3v) is 6.45. The normalized spacial score (nSPS) is 14.8. The zero-order chi connectivity index (χ0) is 22.6. The summed E-state index contributed by atoms with van der Waals surface area (Å²) in [4.78, 5) is 0. The summed E-state index contributed by atoms with van der Waals surface area (Å²) in [5.41, 5.74) is 2.94. The van der Waals surface area contributed by atoms with Gasteiger partial charge in [-0.2, -0.15) is 9.78 Å². The van der Waals surface area contributed by atoms with Crippen LogP contribution in [0.15, 0.2) is 89.1 Å². The quantitative estimate of drug-likeness (QED) is 0.389. The minimum atomic E-state index is -0.0520. The molecule has 7 nitrogen and oxygen atoms in total. The Kier molecular flexibility index (Phi) is 5.99. The average Bonchev–Trinajstić information content (AvgIpc) is 3.29. The van der Waals surface area contributed by atoms with E-state index in [0.717, 1.165) is 27.7 Å². The van der Waals surface area contributed by atoms with Gasteiger partial charge in [0.1, 0.15) is 12.4 Å². The average molecular weight is 459 g/mol. The van der Waals surface area contributed by atoms with E-state index in [1.807, 2.05) is 66.7 Å². The molecule has 1 aromatic heterocycles. The van der Waals surface area contributed by atoms with Gasteiger partial charge < -0.3 is 14.2 Å². The number of methoxy groups -OCH3 is 2. The number of thioether (sulfide) groups is 1. The zero-order valence-electron chi connectivity index (χ0n) is 18.2. The summed E-state index contributed by atoms with van der Waals surface area (Å²) in [5, 5.41) is 14.4. The summed E-state index contributed by atoms with van der Waals surface area (Å²) in [7, 11) is 3.26. The van der Waals surface area contributed by atoms with Crippen molar-refractivity contribution in [3.8, 4) is 17.2 Å². The van der Waals surface area contributed by atoms with E-state index in [9.17, 15) is 0 Å². The fraction of sp³-hybridized carbons (Fsp3) is 0.160. The molecule has 0 spiro atoms. The Hall–Kier alpha value is -3.78. The summed E-state index contributed by atoms with van der Waals surface area (Å²) >= 11 is 1.61. The van der Waals surface area contributed by atoms with Crippen LogP contribution in [0.5, 0.6) is 17.2 Å². The first kappa shape index (κ1) is 21.1. The first-order chi connectivity index (χ1) is 16.3. The van der Waals surface area contributed by atoms with Gasteiger partial charge in [0.2, 0.25) is 5.16 Å². The number of hydrogen-bond acceptors (Lipinski definition) is 7. The highest BCUT2D eigenvalue weighted by Crippen LogP contribution is 2.42. The highest BCUT2D eigenvalue weighted by atomic mass is 32.2. The maximum absolute atomic E-state index is 5.90. The molecule has 0 fully saturated rings. The van der Waals surface area contributed by atoms with Crippen molar-refractivity contribution in [1.82, 2.24) is 14.9 Å². The Morgan fingerprint density at radius 2 is 1.58 bits per heavy atom. The largest absolute Gasteiger partial charge is 0.493 e. The standard InChI is InChI=1S/C25H22N4O3S/c1-30-20-14-13-18(15-21(20)31-2)23-24(17-9-5-3-6-10-17)33-25-27-26-22(29(25)28-23)16-32-19-11-7-4-8-12-19/h3-15,24H,16H2,1-2H3. The Balaban J connectivity index is 1.55. The molecule has 1 aliphatic rings. The molecular weight excluding hydrogens is 436 g/mol. The zero-order valence-corrected chi connectivity index (χ0v) is 19.0. The van der Waals surface area contributed by atoms with Crippen LogP contribution in [-0.4, -0.2) is 34.8 Å². The maximum atomic E-state index is 5.90. The summed E-state index contributed by atoms with van der Waals surface area (Å²) in [6, 6.07) is 25.7. The Bertz CT molecular complexity index is 1280. The van der Waals surface area contributed by atoms with Crippen molar-refractivity contribution in [3.63, 3.8) is 0 Å². The molecule has 5 rings (SSSR count). The van der Waals surface area contributed by atoms with Crippen molar-refractivity contribution in [3.05, 3.63) is 95.8 Å². The van der Waals surface area contributed by atoms with Gasteiger partial charge in [-0.15, -0.1) is 10.2 Å². The van der Waals surface area contributed by atoms with Crippen LogP contribution in [0.2, 0.25) is 0 Å². The molecule has 33 heavy (non-hydrogen) atoms. The van der Waals surface area contributed by atoms with Crippen molar-refractivity contribution < 1.29 is 14.2 Å². The summed E-state index contributed by atoms with van der Waals surface area (Å²) in [5.74, 6) is 2.72. The third kappa shape index (κ3) is 4.29. The lowest BCUT2D eigenvalue weighted by atomic mass is 10.0. The Labute approximate surface area is 196 Å². The second-order valence-electron chi connectivity index (χ2n) is 7.28. The van der Waals surface area contributed by atoms with E-state index in [2.05, 4.69) is 22.3 Å². The Morgan fingerprint density at radius 1 is 0.848 bits per heavy atom. The molecule has 8 heteroatoms. The molecule has 1 unspecified atom stereocenters. The van der Waals surface area contributed by atoms with Gasteiger partial charge in [0.15, 0.2) is 17.3 Å². The van der Waals surface area contributed by atoms with E-state index < -0.39 is 0 Å². The third-order valence-electron chi connectivity index (χ3n) is 5.25. The van der Waals surface area contributed by atoms with Gasteiger partial charge in [-0.1, -0.05) is 60.3 Å². The number of fused-ring (bicyclic) bond motifs is 1. The van der Waals surface area contributed by atoms with E-state index in [4.69, 9.17) is 19.3 Å². The van der Waals surface area contributed by atoms with Crippen LogP contribution in [0.4, 0.5) is 0 Å². The molecule has 0 aliphatic carbocycles. The van der Waals surface area contributed by atoms with Crippen molar-refractivity contribution in [1.29, 1.82) is 0 Å². The van der Waals surface area contributed by atoms with E-state index >= 15 is 0 Å². The van der Waals surface area contributed by atoms with Crippen LogP contribution >= 0.6 is 11.8 Å². The first-order valence-corrected chi connectivity index (χ1v) is 11.3. The summed E-state index contributed by atoms with van der Waals surface area (Å²) in [6.07, 6.45) is 0. The SMILES string of the molecule is COc1ccc(C2=Nn3c(COc4ccccc4)nnc3SC2c2ccccc2)cc1OC. The number of ether oxygens (including phenoxy) is 3. The smallest absolute Gasteiger partial charge is 0.213 e. The van der Waals surface area contributed by atoms with Crippen LogP contribution in [0.3, 0.4) is 0 Å². The fourth-order valence-electron chi connectivity index (χ4n) is 3.60. The molecule has 0 saturated heterocycles. The van der Waals surface area contributed by atoms with Crippen molar-refractivity contribution >= 4 is 17.5 Å². The molecule has 166 valence electrons. The predicted octanol–water partition coefficient (Wildman–Crippen LogP) is 4.97. The molecule has 1 aliphatic heterocycles. The highest BCUT2D eigenvalue weighted by Gasteiger charge is 2.30. The second kappa shape index (κ2) is 9.38. The van der Waals surface area contributed by atoms with Gasteiger partial charge in [-0.25, -0.2) is 0 Å². The summed E-state index contributed by atoms with van der Waals surface area (Å²) in [6.45, 7) is 0.260. The number of benzene rings is 3. The van der Waals surface area contributed by atoms with E-state index in [1.54, 1.807) is 30.7 Å². The molecule has 3 aromatic carbocycles. The van der Waals surface area contributed by atoms with Gasteiger partial charge >= 0.3 is 0 Å². The van der Waals surface area contributed by atoms with Crippen molar-refractivity contribution in [2.75, 3.05) is 14.2 Å². The Morgan fingerprint density at radius 3 is 2.30 bits per heavy atom. The highest BCUT2D eigenvalue weighted by molar-refractivity contribution is 8.00. The molecule has 4 aromatic rings. The topological polar surface area (TPSA) is 70.8 Å². The lowest BCUT2D eigenvalue weighted by molar-refractivity contribution is 0.290. The predicted molar refractivity (Wildman–Crippen MR) is 127 cm³/mol. The van der Waals surface area contributed by atoms with Gasteiger partial charge in [-0.05, 0) is 35.9 Å². The van der Waals surface area contributed by atoms with Crippen molar-refractivity contribution in [2.24, 2.45) is 5.10 Å².